The standard InChI is InChI=1S/C15H23NOS/c1-3-4-5-8-17-11-13-9-15(18-12(13)2)10-16-14-6-7-14/h3,9,14,16H,1,4-8,10-11H2,2H3. The van der Waals surface area contributed by atoms with Crippen LogP contribution in [-0.4, -0.2) is 12.6 Å². The molecule has 1 heterocycles. The molecule has 1 saturated carbocycles. The van der Waals surface area contributed by atoms with Crippen LogP contribution in [0.15, 0.2) is 18.7 Å². The third kappa shape index (κ3) is 4.56. The Morgan fingerprint density at radius 3 is 3.11 bits per heavy atom. The van der Waals surface area contributed by atoms with Gasteiger partial charge in [0.25, 0.3) is 0 Å². The van der Waals surface area contributed by atoms with Gasteiger partial charge in [-0.3, -0.25) is 0 Å². The molecule has 0 unspecified atom stereocenters. The van der Waals surface area contributed by atoms with Crippen LogP contribution in [0.3, 0.4) is 0 Å². The summed E-state index contributed by atoms with van der Waals surface area (Å²) in [6.07, 6.45) is 6.76. The van der Waals surface area contributed by atoms with Gasteiger partial charge in [-0.05, 0) is 44.2 Å². The van der Waals surface area contributed by atoms with Crippen molar-refractivity contribution in [3.63, 3.8) is 0 Å². The molecular weight excluding hydrogens is 242 g/mol. The fraction of sp³-hybridized carbons (Fsp3) is 0.600. The molecule has 1 aliphatic rings. The Labute approximate surface area is 114 Å². The number of hydrogen-bond donors (Lipinski definition) is 1. The lowest BCUT2D eigenvalue weighted by Gasteiger charge is -2.02. The molecule has 0 spiro atoms. The Morgan fingerprint density at radius 1 is 1.56 bits per heavy atom. The van der Waals surface area contributed by atoms with Crippen molar-refractivity contribution in [1.82, 2.24) is 5.32 Å². The molecule has 1 N–H and O–H groups in total. The van der Waals surface area contributed by atoms with E-state index in [4.69, 9.17) is 4.74 Å². The predicted molar refractivity (Wildman–Crippen MR) is 78.0 cm³/mol. The topological polar surface area (TPSA) is 21.3 Å². The molecule has 1 aromatic rings. The van der Waals surface area contributed by atoms with Crippen molar-refractivity contribution < 1.29 is 4.74 Å². The number of nitrogens with one attached hydrogen (secondary N) is 1. The van der Waals surface area contributed by atoms with Crippen LogP contribution >= 0.6 is 11.3 Å². The summed E-state index contributed by atoms with van der Waals surface area (Å²) in [5.74, 6) is 0. The Kier molecular flexibility index (Phi) is 5.42. The SMILES string of the molecule is C=CCCCOCc1cc(CNC2CC2)sc1C. The van der Waals surface area contributed by atoms with Crippen molar-refractivity contribution in [2.24, 2.45) is 0 Å². The molecule has 0 amide bonds. The average Bonchev–Trinajstić information content (AvgIpc) is 3.12. The molecule has 0 saturated heterocycles. The Balaban J connectivity index is 1.71. The molecule has 2 rings (SSSR count). The molecule has 3 heteroatoms. The maximum Gasteiger partial charge on any atom is 0.0727 e. The third-order valence-electron chi connectivity index (χ3n) is 3.17. The highest BCUT2D eigenvalue weighted by Gasteiger charge is 2.20. The van der Waals surface area contributed by atoms with E-state index in [1.54, 1.807) is 0 Å². The molecule has 100 valence electrons. The average molecular weight is 265 g/mol. The summed E-state index contributed by atoms with van der Waals surface area (Å²) in [6.45, 7) is 8.50. The first kappa shape index (κ1) is 13.8. The van der Waals surface area contributed by atoms with Crippen LogP contribution in [-0.2, 0) is 17.9 Å². The van der Waals surface area contributed by atoms with Gasteiger partial charge in [-0.25, -0.2) is 0 Å². The van der Waals surface area contributed by atoms with Gasteiger partial charge >= 0.3 is 0 Å². The van der Waals surface area contributed by atoms with E-state index < -0.39 is 0 Å². The van der Waals surface area contributed by atoms with E-state index in [1.165, 1.54) is 28.2 Å². The number of rotatable bonds is 9. The van der Waals surface area contributed by atoms with Crippen LogP contribution < -0.4 is 5.32 Å². The summed E-state index contributed by atoms with van der Waals surface area (Å²) in [5, 5.41) is 3.56. The van der Waals surface area contributed by atoms with E-state index in [2.05, 4.69) is 24.9 Å². The lowest BCUT2D eigenvalue weighted by Crippen LogP contribution is -2.14. The Bertz CT molecular complexity index is 382. The molecule has 1 aliphatic carbocycles. The van der Waals surface area contributed by atoms with E-state index in [-0.39, 0.29) is 0 Å². The minimum atomic E-state index is 0.753. The van der Waals surface area contributed by atoms with Crippen molar-refractivity contribution in [3.05, 3.63) is 34.0 Å². The van der Waals surface area contributed by atoms with E-state index in [0.29, 0.717) is 0 Å². The number of thiophene rings is 1. The normalized spacial score (nSPS) is 14.9. The molecule has 0 atom stereocenters. The minimum absolute atomic E-state index is 0.753. The number of ether oxygens (including phenoxy) is 1. The first-order valence-corrected chi connectivity index (χ1v) is 7.61. The first-order chi connectivity index (χ1) is 8.79. The zero-order valence-corrected chi connectivity index (χ0v) is 12.0. The fourth-order valence-corrected chi connectivity index (χ4v) is 2.86. The van der Waals surface area contributed by atoms with Crippen molar-refractivity contribution in [2.75, 3.05) is 6.61 Å². The molecule has 0 aromatic carbocycles. The van der Waals surface area contributed by atoms with Gasteiger partial charge < -0.3 is 10.1 Å². The van der Waals surface area contributed by atoms with E-state index >= 15 is 0 Å². The van der Waals surface area contributed by atoms with Gasteiger partial charge in [0, 0.05) is 28.9 Å². The van der Waals surface area contributed by atoms with Gasteiger partial charge in [-0.15, -0.1) is 17.9 Å². The highest BCUT2D eigenvalue weighted by atomic mass is 32.1. The fourth-order valence-electron chi connectivity index (χ4n) is 1.86. The zero-order valence-electron chi connectivity index (χ0n) is 11.2. The molecule has 1 fully saturated rings. The highest BCUT2D eigenvalue weighted by Crippen LogP contribution is 2.24. The van der Waals surface area contributed by atoms with Crippen molar-refractivity contribution in [3.8, 4) is 0 Å². The molecular formula is C15H23NOS. The van der Waals surface area contributed by atoms with E-state index in [1.807, 2.05) is 17.4 Å². The van der Waals surface area contributed by atoms with Gasteiger partial charge in [0.1, 0.15) is 0 Å². The summed E-state index contributed by atoms with van der Waals surface area (Å²) < 4.78 is 5.69. The largest absolute Gasteiger partial charge is 0.377 e. The quantitative estimate of drug-likeness (QED) is 0.542. The van der Waals surface area contributed by atoms with Crippen LogP contribution in [0.4, 0.5) is 0 Å². The van der Waals surface area contributed by atoms with Crippen LogP contribution in [0.2, 0.25) is 0 Å². The number of allylic oxidation sites excluding steroid dienone is 1. The van der Waals surface area contributed by atoms with Crippen LogP contribution in [0.1, 0.15) is 41.0 Å². The minimum Gasteiger partial charge on any atom is -0.377 e. The number of unbranched alkanes of at least 4 members (excludes halogenated alkanes) is 1. The maximum atomic E-state index is 5.69. The summed E-state index contributed by atoms with van der Waals surface area (Å²) in [5.41, 5.74) is 1.35. The second-order valence-electron chi connectivity index (χ2n) is 4.93. The third-order valence-corrected chi connectivity index (χ3v) is 4.26. The molecule has 0 aliphatic heterocycles. The summed E-state index contributed by atoms with van der Waals surface area (Å²) in [6, 6.07) is 3.08. The summed E-state index contributed by atoms with van der Waals surface area (Å²) in [4.78, 5) is 2.83. The number of hydrogen-bond acceptors (Lipinski definition) is 3. The number of aryl methyl sites for hydroxylation is 1. The smallest absolute Gasteiger partial charge is 0.0727 e. The van der Waals surface area contributed by atoms with Crippen molar-refractivity contribution in [2.45, 2.75) is 51.8 Å². The first-order valence-electron chi connectivity index (χ1n) is 6.80. The van der Waals surface area contributed by atoms with Crippen molar-refractivity contribution >= 4 is 11.3 Å². The second kappa shape index (κ2) is 7.07. The van der Waals surface area contributed by atoms with Crippen LogP contribution in [0, 0.1) is 6.92 Å². The van der Waals surface area contributed by atoms with Crippen molar-refractivity contribution in [1.29, 1.82) is 0 Å². The van der Waals surface area contributed by atoms with Crippen LogP contribution in [0.5, 0.6) is 0 Å². The molecule has 1 aromatic heterocycles. The Morgan fingerprint density at radius 2 is 2.39 bits per heavy atom. The highest BCUT2D eigenvalue weighted by molar-refractivity contribution is 7.12. The molecule has 0 radical (unpaired) electrons. The summed E-state index contributed by atoms with van der Waals surface area (Å²) in [7, 11) is 0. The monoisotopic (exact) mass is 265 g/mol. The van der Waals surface area contributed by atoms with Gasteiger partial charge in [0.05, 0.1) is 6.61 Å². The maximum absolute atomic E-state index is 5.69. The zero-order chi connectivity index (χ0) is 12.8. The molecule has 18 heavy (non-hydrogen) atoms. The second-order valence-corrected chi connectivity index (χ2v) is 6.27. The van der Waals surface area contributed by atoms with E-state index in [0.717, 1.165) is 38.6 Å². The van der Waals surface area contributed by atoms with E-state index in [9.17, 15) is 0 Å². The summed E-state index contributed by atoms with van der Waals surface area (Å²) >= 11 is 1.89. The molecule has 2 nitrogen and oxygen atoms in total. The predicted octanol–water partition coefficient (Wildman–Crippen LogP) is 3.79. The van der Waals surface area contributed by atoms with Crippen LogP contribution in [0.25, 0.3) is 0 Å². The van der Waals surface area contributed by atoms with Gasteiger partial charge in [0.15, 0.2) is 0 Å². The lowest BCUT2D eigenvalue weighted by atomic mass is 10.2. The lowest BCUT2D eigenvalue weighted by molar-refractivity contribution is 0.119. The van der Waals surface area contributed by atoms with Gasteiger partial charge in [-0.2, -0.15) is 0 Å². The Hall–Kier alpha value is -0.640. The van der Waals surface area contributed by atoms with Gasteiger partial charge in [0.2, 0.25) is 0 Å². The van der Waals surface area contributed by atoms with Gasteiger partial charge in [-0.1, -0.05) is 6.08 Å². The molecule has 0 bridgehead atoms.